The van der Waals surface area contributed by atoms with Gasteiger partial charge in [-0.2, -0.15) is 8.42 Å². The molecule has 4 nitrogen and oxygen atoms in total. The lowest BCUT2D eigenvalue weighted by atomic mass is 10.1. The summed E-state index contributed by atoms with van der Waals surface area (Å²) in [5.74, 6) is 0. The number of rotatable bonds is 11. The lowest BCUT2D eigenvalue weighted by molar-refractivity contribution is 0.243. The maximum Gasteiger partial charge on any atom is 0.264 e. The van der Waals surface area contributed by atoms with Crippen LogP contribution in [0, 0.1) is 0 Å². The Bertz CT molecular complexity index is 875. The van der Waals surface area contributed by atoms with E-state index < -0.39 is 27.0 Å². The van der Waals surface area contributed by atoms with Gasteiger partial charge in [0.25, 0.3) is 10.1 Å². The highest BCUT2D eigenvalue weighted by atomic mass is 32.2. The summed E-state index contributed by atoms with van der Waals surface area (Å²) in [7, 11) is -5.17. The largest absolute Gasteiger partial charge is 0.264 e. The average molecular weight is 421 g/mol. The quantitative estimate of drug-likeness (QED) is 0.385. The normalized spacial score (nSPS) is 14.6. The smallest absolute Gasteiger partial charge is 0.261 e. The molecule has 0 heterocycles. The van der Waals surface area contributed by atoms with E-state index in [1.807, 2.05) is 54.6 Å². The zero-order valence-electron chi connectivity index (χ0n) is 16.4. The molecule has 2 aromatic rings. The highest BCUT2D eigenvalue weighted by Gasteiger charge is 2.25. The molecule has 0 N–H and O–H groups in total. The molecule has 28 heavy (non-hydrogen) atoms. The molecular weight excluding hydrogens is 392 g/mol. The van der Waals surface area contributed by atoms with Crippen LogP contribution in [-0.4, -0.2) is 25.0 Å². The Balaban J connectivity index is 2.32. The first-order valence-electron chi connectivity index (χ1n) is 9.49. The van der Waals surface area contributed by atoms with Gasteiger partial charge in [0.05, 0.1) is 17.1 Å². The Morgan fingerprint density at radius 3 is 2.25 bits per heavy atom. The Kier molecular flexibility index (Phi) is 9.09. The third kappa shape index (κ3) is 7.70. The van der Waals surface area contributed by atoms with Crippen LogP contribution in [0.25, 0.3) is 0 Å². The highest BCUT2D eigenvalue weighted by molar-refractivity contribution is 7.89. The van der Waals surface area contributed by atoms with Crippen LogP contribution in [0.1, 0.15) is 38.2 Å². The summed E-state index contributed by atoms with van der Waals surface area (Å²) >= 11 is 0. The molecule has 2 atom stereocenters. The summed E-state index contributed by atoms with van der Waals surface area (Å²) in [6, 6.07) is 18.9. The standard InChI is InChI=1S/C22H28O4S2/c1-3-4-7-16-22(27(23)20-14-10-6-11-15-20)21(26-28(2,24)25)18-17-19-12-8-5-9-13-19/h5-6,8-16,21H,3-4,7,17-18H2,1-2H3/b22-16+. The van der Waals surface area contributed by atoms with Crippen molar-refractivity contribution in [1.29, 1.82) is 0 Å². The molecule has 0 aliphatic carbocycles. The van der Waals surface area contributed by atoms with Crippen LogP contribution in [0.3, 0.4) is 0 Å². The Hall–Kier alpha value is -1.76. The number of hydrogen-bond acceptors (Lipinski definition) is 4. The van der Waals surface area contributed by atoms with Crippen molar-refractivity contribution >= 4 is 20.9 Å². The van der Waals surface area contributed by atoms with Crippen molar-refractivity contribution in [1.82, 2.24) is 0 Å². The molecule has 0 aliphatic rings. The second kappa shape index (κ2) is 11.3. The van der Waals surface area contributed by atoms with Gasteiger partial charge < -0.3 is 0 Å². The van der Waals surface area contributed by atoms with Crippen LogP contribution >= 0.6 is 0 Å². The summed E-state index contributed by atoms with van der Waals surface area (Å²) < 4.78 is 42.4. The minimum atomic E-state index is -3.69. The van der Waals surface area contributed by atoms with Gasteiger partial charge in [-0.25, -0.2) is 4.21 Å². The van der Waals surface area contributed by atoms with Crippen molar-refractivity contribution in [2.24, 2.45) is 0 Å². The van der Waals surface area contributed by atoms with Crippen molar-refractivity contribution in [3.05, 3.63) is 77.2 Å². The lowest BCUT2D eigenvalue weighted by Crippen LogP contribution is -2.23. The Labute approximate surface area is 171 Å². The molecular formula is C22H28O4S2. The third-order valence-corrected chi connectivity index (χ3v) is 6.36. The second-order valence-electron chi connectivity index (χ2n) is 6.64. The van der Waals surface area contributed by atoms with Crippen LogP contribution in [-0.2, 0) is 31.5 Å². The number of benzene rings is 2. The van der Waals surface area contributed by atoms with E-state index in [2.05, 4.69) is 6.92 Å². The van der Waals surface area contributed by atoms with Crippen LogP contribution in [0.5, 0.6) is 0 Å². The van der Waals surface area contributed by atoms with Gasteiger partial charge in [-0.05, 0) is 37.0 Å². The third-order valence-electron chi connectivity index (χ3n) is 4.22. The fraction of sp³-hybridized carbons (Fsp3) is 0.364. The summed E-state index contributed by atoms with van der Waals surface area (Å²) in [4.78, 5) is 1.17. The van der Waals surface area contributed by atoms with E-state index in [1.54, 1.807) is 12.1 Å². The van der Waals surface area contributed by atoms with Crippen LogP contribution < -0.4 is 0 Å². The van der Waals surface area contributed by atoms with Crippen molar-refractivity contribution in [2.75, 3.05) is 6.26 Å². The summed E-state index contributed by atoms with van der Waals surface area (Å²) in [6.45, 7) is 2.08. The Morgan fingerprint density at radius 1 is 1.07 bits per heavy atom. The van der Waals surface area contributed by atoms with Gasteiger partial charge in [-0.1, -0.05) is 74.4 Å². The van der Waals surface area contributed by atoms with E-state index in [4.69, 9.17) is 4.18 Å². The van der Waals surface area contributed by atoms with Gasteiger partial charge in [-0.3, -0.25) is 4.18 Å². The molecule has 0 saturated carbocycles. The van der Waals surface area contributed by atoms with Gasteiger partial charge in [0.15, 0.2) is 0 Å². The summed E-state index contributed by atoms with van der Waals surface area (Å²) in [5.41, 5.74) is 1.09. The topological polar surface area (TPSA) is 60.4 Å². The van der Waals surface area contributed by atoms with E-state index in [1.165, 1.54) is 0 Å². The molecule has 0 saturated heterocycles. The molecule has 2 rings (SSSR count). The lowest BCUT2D eigenvalue weighted by Gasteiger charge is -2.20. The fourth-order valence-electron chi connectivity index (χ4n) is 2.85. The molecule has 0 aliphatic heterocycles. The summed E-state index contributed by atoms with van der Waals surface area (Å²) in [6.07, 6.45) is 5.94. The number of allylic oxidation sites excluding steroid dienone is 1. The molecule has 2 aromatic carbocycles. The van der Waals surface area contributed by atoms with Gasteiger partial charge in [-0.15, -0.1) is 0 Å². The first-order valence-corrected chi connectivity index (χ1v) is 12.5. The molecule has 152 valence electrons. The maximum absolute atomic E-state index is 13.2. The minimum Gasteiger partial charge on any atom is -0.261 e. The highest BCUT2D eigenvalue weighted by Crippen LogP contribution is 2.25. The molecule has 0 radical (unpaired) electrons. The van der Waals surface area contributed by atoms with Gasteiger partial charge in [0, 0.05) is 9.80 Å². The second-order valence-corrected chi connectivity index (χ2v) is 9.72. The molecule has 0 aromatic heterocycles. The molecule has 0 amide bonds. The van der Waals surface area contributed by atoms with Gasteiger partial charge in [0.2, 0.25) is 0 Å². The SMILES string of the molecule is CCCC/C=C(\C(CCc1ccccc1)OS(C)(=O)=O)S(=O)c1ccccc1. The zero-order valence-corrected chi connectivity index (χ0v) is 18.0. The summed E-state index contributed by atoms with van der Waals surface area (Å²) in [5, 5.41) is 0. The fourth-order valence-corrected chi connectivity index (χ4v) is 4.88. The van der Waals surface area contributed by atoms with Crippen LogP contribution in [0.2, 0.25) is 0 Å². The maximum atomic E-state index is 13.2. The van der Waals surface area contributed by atoms with Crippen LogP contribution in [0.15, 0.2) is 76.5 Å². The molecule has 0 spiro atoms. The van der Waals surface area contributed by atoms with Crippen molar-refractivity contribution in [3.8, 4) is 0 Å². The first-order chi connectivity index (χ1) is 13.4. The van der Waals surface area contributed by atoms with Gasteiger partial charge in [0.1, 0.15) is 6.10 Å². The number of unbranched alkanes of at least 4 members (excludes halogenated alkanes) is 2. The van der Waals surface area contributed by atoms with E-state index >= 15 is 0 Å². The van der Waals surface area contributed by atoms with E-state index in [-0.39, 0.29) is 0 Å². The zero-order chi connectivity index (χ0) is 20.4. The number of hydrogen-bond donors (Lipinski definition) is 0. The van der Waals surface area contributed by atoms with Crippen LogP contribution in [0.4, 0.5) is 0 Å². The van der Waals surface area contributed by atoms with Crippen molar-refractivity contribution in [2.45, 2.75) is 50.0 Å². The van der Waals surface area contributed by atoms with E-state index in [9.17, 15) is 12.6 Å². The predicted octanol–water partition coefficient (Wildman–Crippen LogP) is 4.85. The molecule has 0 bridgehead atoms. The van der Waals surface area contributed by atoms with Gasteiger partial charge >= 0.3 is 0 Å². The van der Waals surface area contributed by atoms with E-state index in [0.717, 1.165) is 31.1 Å². The van der Waals surface area contributed by atoms with Crippen molar-refractivity contribution < 1.29 is 16.8 Å². The minimum absolute atomic E-state index is 0.438. The average Bonchev–Trinajstić information content (AvgIpc) is 2.69. The van der Waals surface area contributed by atoms with Crippen molar-refractivity contribution in [3.63, 3.8) is 0 Å². The van der Waals surface area contributed by atoms with E-state index in [0.29, 0.717) is 22.6 Å². The number of aryl methyl sites for hydroxylation is 1. The molecule has 2 unspecified atom stereocenters. The monoisotopic (exact) mass is 420 g/mol. The first kappa shape index (κ1) is 22.5. The predicted molar refractivity (Wildman–Crippen MR) is 115 cm³/mol. The molecule has 6 heteroatoms. The Morgan fingerprint density at radius 2 is 1.68 bits per heavy atom. The molecule has 0 fully saturated rings.